The number of thiazole rings is 1. The Bertz CT molecular complexity index is 3220. The monoisotopic (exact) mass is 1160 g/mol. The van der Waals surface area contributed by atoms with Crippen LogP contribution in [0, 0.1) is 18.8 Å². The van der Waals surface area contributed by atoms with E-state index in [4.69, 9.17) is 24.5 Å². The molecule has 5 aliphatic heterocycles. The molecule has 21 heteroatoms. The number of aliphatic hydroxyl groups is 1. The molecule has 0 radical (unpaired) electrons. The molecule has 4 aromatic heterocycles. The molecule has 2 aromatic carbocycles. The van der Waals surface area contributed by atoms with E-state index < -0.39 is 18.1 Å². The molecule has 12 rings (SSSR count). The predicted octanol–water partition coefficient (Wildman–Crippen LogP) is 8.01. The third-order valence-corrected chi connectivity index (χ3v) is 19.4. The van der Waals surface area contributed by atoms with Crippen LogP contribution in [0.1, 0.15) is 108 Å². The maximum atomic E-state index is 14.4. The average molecular weight is 1170 g/mol. The summed E-state index contributed by atoms with van der Waals surface area (Å²) in [5, 5.41) is 37.4. The van der Waals surface area contributed by atoms with Crippen LogP contribution in [-0.4, -0.2) is 165 Å². The second-order valence-electron chi connectivity index (χ2n) is 24.5. The molecule has 4 atom stereocenters. The zero-order valence-corrected chi connectivity index (χ0v) is 49.5. The number of carbonyl (C=O) groups is 2. The quantitative estimate of drug-likeness (QED) is 0.0677. The molecule has 0 bridgehead atoms. The Morgan fingerprint density at radius 2 is 1.63 bits per heavy atom. The van der Waals surface area contributed by atoms with Crippen molar-refractivity contribution >= 4 is 46.2 Å². The van der Waals surface area contributed by atoms with Crippen LogP contribution in [0.2, 0.25) is 0 Å². The standard InChI is InChI=1S/C63H80N12O8S/c1-39(2)58(62(79)75-36-46(76)30-53(75)61(78)67-40(3)43-9-11-44(12-10-43)59-41(4)66-38-84-59)55-34-56(70-83-55)73-23-14-42(15-24-73)35-71-21-16-47(17-22-71)81-48-31-49(32-48)82-57-29-45(13-20-65-57)74-27-28-80-63(37-74)18-25-72(26-19-63)52-33-51(68-69-60(52)64)50-7-5-6-8-54(50)77/h5-13,20,29,33-34,38-40,42,46-49,53,58,76-77H,14-19,21-28,30-32,35-37H2,1-4H3,(H2,64,69)(H,67,78)/t40-,46+,48-,49-,53-,58+/m0/s1. The smallest absolute Gasteiger partial charge is 0.243 e. The summed E-state index contributed by atoms with van der Waals surface area (Å²) in [5.41, 5.74) is 14.0. The number of rotatable bonds is 17. The number of benzene rings is 2. The largest absolute Gasteiger partial charge is 0.507 e. The van der Waals surface area contributed by atoms with Gasteiger partial charge in [0, 0.05) is 114 Å². The number of β-amino-alcohol motifs (C(OH)–C–C–N with tert-alkyl or cyclic N) is 1. The van der Waals surface area contributed by atoms with Crippen LogP contribution in [0.4, 0.5) is 23.0 Å². The Kier molecular flexibility index (Phi) is 17.1. The summed E-state index contributed by atoms with van der Waals surface area (Å²) in [5.74, 6) is 1.67. The predicted molar refractivity (Wildman–Crippen MR) is 322 cm³/mol. The lowest BCUT2D eigenvalue weighted by Crippen LogP contribution is -2.57. The number of likely N-dealkylation sites (tertiary alicyclic amines) is 2. The minimum Gasteiger partial charge on any atom is -0.507 e. The number of nitrogens with zero attached hydrogens (tertiary/aromatic N) is 10. The molecule has 6 aromatic rings. The van der Waals surface area contributed by atoms with Crippen molar-refractivity contribution in [3.05, 3.63) is 102 Å². The summed E-state index contributed by atoms with van der Waals surface area (Å²) in [6.07, 6.45) is 9.29. The van der Waals surface area contributed by atoms with Gasteiger partial charge in [0.1, 0.15) is 23.8 Å². The van der Waals surface area contributed by atoms with E-state index in [-0.39, 0.29) is 66.4 Å². The number of nitrogens with one attached hydrogen (secondary N) is 1. The summed E-state index contributed by atoms with van der Waals surface area (Å²) in [4.78, 5) is 49.4. The molecule has 1 saturated carbocycles. The molecule has 1 aliphatic carbocycles. The van der Waals surface area contributed by atoms with Crippen molar-refractivity contribution in [1.82, 2.24) is 40.4 Å². The molecule has 5 N–H and O–H groups in total. The first-order valence-corrected chi connectivity index (χ1v) is 31.2. The van der Waals surface area contributed by atoms with Crippen molar-refractivity contribution in [2.45, 2.75) is 134 Å². The van der Waals surface area contributed by atoms with Crippen molar-refractivity contribution in [2.75, 3.05) is 92.5 Å². The van der Waals surface area contributed by atoms with Crippen LogP contribution in [0.3, 0.4) is 0 Å². The van der Waals surface area contributed by atoms with Crippen LogP contribution in [-0.2, 0) is 19.1 Å². The number of phenolic OH excluding ortho intramolecular Hbond substituents is 1. The number of hydrogen-bond donors (Lipinski definition) is 4. The van der Waals surface area contributed by atoms with Crippen molar-refractivity contribution in [3.8, 4) is 33.3 Å². The highest BCUT2D eigenvalue weighted by molar-refractivity contribution is 7.13. The minimum absolute atomic E-state index is 0.0795. The summed E-state index contributed by atoms with van der Waals surface area (Å²) in [7, 11) is 0. The molecule has 0 unspecified atom stereocenters. The van der Waals surface area contributed by atoms with Crippen LogP contribution >= 0.6 is 11.3 Å². The van der Waals surface area contributed by atoms with Gasteiger partial charge in [-0.05, 0) is 99.6 Å². The summed E-state index contributed by atoms with van der Waals surface area (Å²) < 4.78 is 25.6. The minimum atomic E-state index is -0.804. The number of amides is 2. The van der Waals surface area contributed by atoms with Gasteiger partial charge in [0.15, 0.2) is 17.4 Å². The van der Waals surface area contributed by atoms with Crippen molar-refractivity contribution in [2.24, 2.45) is 11.8 Å². The SMILES string of the molecule is Cc1ncsc1-c1ccc([C@H](C)NC(=O)[C@@H]2C[C@@H](O)CN2C(=O)[C@@H](c2cc(N3CCC(CN4CCC(O[C@H]5C[C@H](Oc6cc(N7CCOC8(CCN(c9cc(-c%10ccccc%10O)nnc9N)CC8)C7)ccn6)C5)CC4)CC3)no2)C(C)C)cc1. The number of piperidine rings is 3. The first kappa shape index (κ1) is 57.5. The normalized spacial score (nSPS) is 23.2. The number of nitrogens with two attached hydrogens (primary N) is 1. The highest BCUT2D eigenvalue weighted by Crippen LogP contribution is 2.40. The third-order valence-electron chi connectivity index (χ3n) is 18.4. The van der Waals surface area contributed by atoms with Gasteiger partial charge in [-0.15, -0.1) is 21.5 Å². The van der Waals surface area contributed by atoms with E-state index >= 15 is 0 Å². The summed E-state index contributed by atoms with van der Waals surface area (Å²) in [6, 6.07) is 22.1. The van der Waals surface area contributed by atoms with E-state index in [2.05, 4.69) is 62.4 Å². The number of aryl methyl sites for hydroxylation is 1. The molecule has 20 nitrogen and oxygen atoms in total. The van der Waals surface area contributed by atoms with Gasteiger partial charge in [0.25, 0.3) is 0 Å². The molecule has 446 valence electrons. The zero-order valence-electron chi connectivity index (χ0n) is 48.7. The van der Waals surface area contributed by atoms with Crippen molar-refractivity contribution < 1.29 is 38.5 Å². The van der Waals surface area contributed by atoms with E-state index in [0.29, 0.717) is 41.2 Å². The van der Waals surface area contributed by atoms with Gasteiger partial charge in [0.05, 0.1) is 64.0 Å². The molecule has 6 fully saturated rings. The molecule has 84 heavy (non-hydrogen) atoms. The lowest BCUT2D eigenvalue weighted by Gasteiger charge is -2.48. The summed E-state index contributed by atoms with van der Waals surface area (Å²) >= 11 is 1.60. The van der Waals surface area contributed by atoms with Gasteiger partial charge in [-0.1, -0.05) is 55.4 Å². The molecular formula is C63H80N12O8S. The maximum absolute atomic E-state index is 14.4. The third kappa shape index (κ3) is 12.7. The highest BCUT2D eigenvalue weighted by Gasteiger charge is 2.45. The number of carbonyl (C=O) groups excluding carboxylic acids is 2. The Hall–Kier alpha value is -6.91. The second kappa shape index (κ2) is 25.0. The van der Waals surface area contributed by atoms with Crippen LogP contribution in [0.5, 0.6) is 11.6 Å². The average Bonchev–Trinajstić information content (AvgIpc) is 4.35. The number of nitrogen functional groups attached to an aromatic ring is 1. The van der Waals surface area contributed by atoms with Crippen LogP contribution in [0.25, 0.3) is 21.7 Å². The van der Waals surface area contributed by atoms with Gasteiger partial charge >= 0.3 is 0 Å². The van der Waals surface area contributed by atoms with Crippen molar-refractivity contribution in [3.63, 3.8) is 0 Å². The topological polar surface area (TPSA) is 234 Å². The molecule has 1 spiro atoms. The maximum Gasteiger partial charge on any atom is 0.243 e. The first-order chi connectivity index (χ1) is 40.7. The van der Waals surface area contributed by atoms with E-state index in [1.54, 1.807) is 23.5 Å². The number of anilines is 4. The second-order valence-corrected chi connectivity index (χ2v) is 25.4. The number of aromatic nitrogens is 5. The number of morpholine rings is 1. The van der Waals surface area contributed by atoms with E-state index in [1.807, 2.05) is 87.9 Å². The number of pyridine rings is 1. The fraction of sp³-hybridized carbons (Fsp3) is 0.540. The van der Waals surface area contributed by atoms with Gasteiger partial charge in [-0.3, -0.25) is 9.59 Å². The highest BCUT2D eigenvalue weighted by atomic mass is 32.1. The van der Waals surface area contributed by atoms with Crippen molar-refractivity contribution in [1.29, 1.82) is 0 Å². The molecule has 9 heterocycles. The molecular weight excluding hydrogens is 1080 g/mol. The number of phenols is 1. The Morgan fingerprint density at radius 1 is 0.857 bits per heavy atom. The van der Waals surface area contributed by atoms with E-state index in [9.17, 15) is 19.8 Å². The van der Waals surface area contributed by atoms with Gasteiger partial charge in [0.2, 0.25) is 17.7 Å². The van der Waals surface area contributed by atoms with Gasteiger partial charge in [-0.2, -0.15) is 0 Å². The lowest BCUT2D eigenvalue weighted by atomic mass is 9.89. The van der Waals surface area contributed by atoms with Crippen LogP contribution in [0.15, 0.2) is 89.0 Å². The summed E-state index contributed by atoms with van der Waals surface area (Å²) in [6.45, 7) is 16.5. The number of ether oxygens (including phenoxy) is 3. The number of aliphatic hydroxyl groups excluding tert-OH is 1. The first-order valence-electron chi connectivity index (χ1n) is 30.3. The van der Waals surface area contributed by atoms with Gasteiger partial charge < -0.3 is 64.5 Å². The Morgan fingerprint density at radius 3 is 2.37 bits per heavy atom. The molecule has 6 aliphatic rings. The zero-order chi connectivity index (χ0) is 58.1. The van der Waals surface area contributed by atoms with E-state index in [0.717, 1.165) is 149 Å². The lowest BCUT2D eigenvalue weighted by molar-refractivity contribution is -0.141. The van der Waals surface area contributed by atoms with Crippen LogP contribution < -0.4 is 30.5 Å². The Labute approximate surface area is 495 Å². The van der Waals surface area contributed by atoms with E-state index in [1.165, 1.54) is 4.90 Å². The molecule has 5 saturated heterocycles. The Balaban J connectivity index is 0.554. The number of aromatic hydroxyl groups is 1. The fourth-order valence-electron chi connectivity index (χ4n) is 13.4. The number of hydrogen-bond acceptors (Lipinski definition) is 19. The number of para-hydroxylation sites is 1. The molecule has 2 amide bonds. The fourth-order valence-corrected chi connectivity index (χ4v) is 14.3. The van der Waals surface area contributed by atoms with Gasteiger partial charge in [-0.25, -0.2) is 9.97 Å².